The van der Waals surface area contributed by atoms with E-state index in [1.54, 1.807) is 6.07 Å². The molecule has 0 spiro atoms. The number of carbonyl (C=O) groups excluding carboxylic acids is 1. The molecule has 1 saturated heterocycles. The maximum Gasteiger partial charge on any atom is 0.250 e. The summed E-state index contributed by atoms with van der Waals surface area (Å²) < 4.78 is 26.7. The highest BCUT2D eigenvalue weighted by Gasteiger charge is 2.38. The maximum atomic E-state index is 12.9. The van der Waals surface area contributed by atoms with Crippen LogP contribution in [0.4, 0.5) is 0 Å². The smallest absolute Gasteiger partial charge is 0.250 e. The number of rotatable bonds is 2. The van der Waals surface area contributed by atoms with Crippen molar-refractivity contribution in [1.82, 2.24) is 10.0 Å². The fourth-order valence-corrected chi connectivity index (χ4v) is 5.70. The normalized spacial score (nSPS) is 19.1. The van der Waals surface area contributed by atoms with Gasteiger partial charge in [-0.3, -0.25) is 9.63 Å². The molecule has 22 heavy (non-hydrogen) atoms. The van der Waals surface area contributed by atoms with Gasteiger partial charge in [0.25, 0.3) is 5.91 Å². The van der Waals surface area contributed by atoms with Crippen molar-refractivity contribution in [2.75, 3.05) is 6.61 Å². The first kappa shape index (κ1) is 13.9. The standard InChI is InChI=1S/C14H12N2O4S2/c17-13-6-5-10-12(7-8-20-16(10)13)22(18,19)14-15-9-3-1-2-4-11(9)21-14/h1-4H,5-8H2. The predicted molar refractivity (Wildman–Crippen MR) is 80.5 cm³/mol. The van der Waals surface area contributed by atoms with E-state index in [-0.39, 0.29) is 34.6 Å². The third-order valence-electron chi connectivity index (χ3n) is 3.75. The van der Waals surface area contributed by atoms with E-state index in [0.717, 1.165) is 21.1 Å². The number of fused-ring (bicyclic) bond motifs is 2. The Morgan fingerprint density at radius 2 is 2.00 bits per heavy atom. The van der Waals surface area contributed by atoms with E-state index in [2.05, 4.69) is 4.98 Å². The first-order valence-electron chi connectivity index (χ1n) is 6.86. The Balaban J connectivity index is 1.86. The Kier molecular flexibility index (Phi) is 3.07. The van der Waals surface area contributed by atoms with Crippen LogP contribution in [0.5, 0.6) is 0 Å². The number of sulfone groups is 1. The van der Waals surface area contributed by atoms with Crippen LogP contribution in [-0.2, 0) is 19.5 Å². The zero-order valence-electron chi connectivity index (χ0n) is 11.5. The molecule has 1 aromatic carbocycles. The number of para-hydroxylation sites is 1. The molecule has 1 amide bonds. The molecule has 0 aliphatic carbocycles. The van der Waals surface area contributed by atoms with Gasteiger partial charge in [0.05, 0.1) is 27.4 Å². The van der Waals surface area contributed by atoms with Crippen molar-refractivity contribution in [2.45, 2.75) is 23.6 Å². The molecule has 0 bridgehead atoms. The van der Waals surface area contributed by atoms with Crippen molar-refractivity contribution in [3.8, 4) is 0 Å². The van der Waals surface area contributed by atoms with E-state index in [4.69, 9.17) is 4.84 Å². The molecule has 1 aromatic heterocycles. The van der Waals surface area contributed by atoms with E-state index in [9.17, 15) is 13.2 Å². The summed E-state index contributed by atoms with van der Waals surface area (Å²) in [7, 11) is -3.69. The van der Waals surface area contributed by atoms with Crippen molar-refractivity contribution < 1.29 is 18.0 Å². The van der Waals surface area contributed by atoms with Crippen molar-refractivity contribution in [3.63, 3.8) is 0 Å². The molecule has 8 heteroatoms. The van der Waals surface area contributed by atoms with Crippen LogP contribution in [-0.4, -0.2) is 31.0 Å². The summed E-state index contributed by atoms with van der Waals surface area (Å²) >= 11 is 1.16. The summed E-state index contributed by atoms with van der Waals surface area (Å²) in [5.41, 5.74) is 1.14. The molecule has 3 heterocycles. The van der Waals surface area contributed by atoms with Crippen LogP contribution >= 0.6 is 11.3 Å². The quantitative estimate of drug-likeness (QED) is 0.840. The van der Waals surface area contributed by atoms with Gasteiger partial charge in [-0.2, -0.15) is 5.06 Å². The lowest BCUT2D eigenvalue weighted by Gasteiger charge is -2.25. The number of aromatic nitrogens is 1. The second kappa shape index (κ2) is 4.87. The van der Waals surface area contributed by atoms with Gasteiger partial charge in [-0.1, -0.05) is 12.1 Å². The summed E-state index contributed by atoms with van der Waals surface area (Å²) in [6, 6.07) is 7.31. The van der Waals surface area contributed by atoms with Crippen molar-refractivity contribution in [3.05, 3.63) is 34.9 Å². The van der Waals surface area contributed by atoms with Gasteiger partial charge in [0, 0.05) is 19.3 Å². The van der Waals surface area contributed by atoms with Gasteiger partial charge in [0.15, 0.2) is 0 Å². The average Bonchev–Trinajstić information content (AvgIpc) is 3.11. The van der Waals surface area contributed by atoms with E-state index >= 15 is 0 Å². The van der Waals surface area contributed by atoms with Crippen LogP contribution in [0.3, 0.4) is 0 Å². The monoisotopic (exact) mass is 336 g/mol. The molecule has 0 saturated carbocycles. The van der Waals surface area contributed by atoms with Crippen LogP contribution in [0.15, 0.2) is 39.2 Å². The minimum Gasteiger partial charge on any atom is -0.272 e. The number of carbonyl (C=O) groups is 1. The fraction of sp³-hybridized carbons (Fsp3) is 0.286. The van der Waals surface area contributed by atoms with Gasteiger partial charge < -0.3 is 0 Å². The zero-order valence-corrected chi connectivity index (χ0v) is 13.1. The molecule has 2 aliphatic rings. The number of hydroxylamine groups is 2. The van der Waals surface area contributed by atoms with E-state index < -0.39 is 9.84 Å². The lowest BCUT2D eigenvalue weighted by molar-refractivity contribution is -0.171. The Morgan fingerprint density at radius 3 is 2.82 bits per heavy atom. The molecule has 114 valence electrons. The van der Waals surface area contributed by atoms with Crippen molar-refractivity contribution >= 4 is 37.3 Å². The minimum atomic E-state index is -3.69. The molecule has 1 fully saturated rings. The number of nitrogens with zero attached hydrogens (tertiary/aromatic N) is 2. The van der Waals surface area contributed by atoms with Crippen LogP contribution < -0.4 is 0 Å². The lowest BCUT2D eigenvalue weighted by atomic mass is 10.2. The topological polar surface area (TPSA) is 76.6 Å². The van der Waals surface area contributed by atoms with Gasteiger partial charge in [0.1, 0.15) is 0 Å². The fourth-order valence-electron chi connectivity index (χ4n) is 2.72. The Bertz CT molecular complexity index is 881. The van der Waals surface area contributed by atoms with Crippen LogP contribution in [0.25, 0.3) is 10.2 Å². The number of benzene rings is 1. The van der Waals surface area contributed by atoms with Crippen LogP contribution in [0.1, 0.15) is 19.3 Å². The second-order valence-corrected chi connectivity index (χ2v) is 8.27. The molecule has 4 rings (SSSR count). The van der Waals surface area contributed by atoms with Gasteiger partial charge in [-0.15, -0.1) is 11.3 Å². The summed E-state index contributed by atoms with van der Waals surface area (Å²) in [5, 5.41) is 1.14. The zero-order chi connectivity index (χ0) is 15.3. The molecule has 0 radical (unpaired) electrons. The Morgan fingerprint density at radius 1 is 1.18 bits per heavy atom. The SMILES string of the molecule is O=C1CCC2=C(S(=O)(=O)c3nc4ccccc4s3)CCON12. The van der Waals surface area contributed by atoms with Gasteiger partial charge >= 0.3 is 0 Å². The van der Waals surface area contributed by atoms with Crippen molar-refractivity contribution in [2.24, 2.45) is 0 Å². The highest BCUT2D eigenvalue weighted by atomic mass is 32.2. The second-order valence-electron chi connectivity index (χ2n) is 5.09. The molecule has 2 aromatic rings. The summed E-state index contributed by atoms with van der Waals surface area (Å²) in [4.78, 5) is 21.5. The summed E-state index contributed by atoms with van der Waals surface area (Å²) in [6.45, 7) is 0.189. The number of amides is 1. The highest BCUT2D eigenvalue weighted by molar-refractivity contribution is 7.97. The number of hydrogen-bond donors (Lipinski definition) is 0. The Hall–Kier alpha value is -1.77. The van der Waals surface area contributed by atoms with Gasteiger partial charge in [-0.25, -0.2) is 13.4 Å². The third-order valence-corrected chi connectivity index (χ3v) is 7.13. The first-order chi connectivity index (χ1) is 10.6. The van der Waals surface area contributed by atoms with Gasteiger partial charge in [-0.05, 0) is 12.1 Å². The van der Waals surface area contributed by atoms with E-state index in [1.807, 2.05) is 18.2 Å². The lowest BCUT2D eigenvalue weighted by Crippen LogP contribution is -2.30. The summed E-state index contributed by atoms with van der Waals surface area (Å²) in [5.74, 6) is -0.188. The molecule has 0 unspecified atom stereocenters. The number of allylic oxidation sites excluding steroid dienone is 1. The summed E-state index contributed by atoms with van der Waals surface area (Å²) in [6.07, 6.45) is 0.962. The molecule has 6 nitrogen and oxygen atoms in total. The minimum absolute atomic E-state index is 0.0809. The molecular weight excluding hydrogens is 324 g/mol. The molecule has 0 atom stereocenters. The Labute approximate surface area is 130 Å². The maximum absolute atomic E-state index is 12.9. The van der Waals surface area contributed by atoms with E-state index in [0.29, 0.717) is 17.6 Å². The predicted octanol–water partition coefficient (Wildman–Crippen LogP) is 2.24. The van der Waals surface area contributed by atoms with E-state index in [1.165, 1.54) is 0 Å². The average molecular weight is 336 g/mol. The number of thiazole rings is 1. The molecule has 0 N–H and O–H groups in total. The van der Waals surface area contributed by atoms with Crippen molar-refractivity contribution in [1.29, 1.82) is 0 Å². The van der Waals surface area contributed by atoms with Crippen LogP contribution in [0, 0.1) is 0 Å². The van der Waals surface area contributed by atoms with Crippen LogP contribution in [0.2, 0.25) is 0 Å². The third kappa shape index (κ3) is 1.98. The van der Waals surface area contributed by atoms with Gasteiger partial charge in [0.2, 0.25) is 14.2 Å². The highest BCUT2D eigenvalue weighted by Crippen LogP contribution is 2.38. The molecule has 2 aliphatic heterocycles. The largest absolute Gasteiger partial charge is 0.272 e. The number of hydrogen-bond acceptors (Lipinski definition) is 6. The first-order valence-corrected chi connectivity index (χ1v) is 9.16. The molecular formula is C14H12N2O4S2.